The number of aliphatic imine (C=N–C) groups is 1. The number of guanidine groups is 1. The molecule has 2 N–H and O–H groups in total. The maximum atomic E-state index is 4.94. The molecule has 2 heterocycles. The van der Waals surface area contributed by atoms with Crippen LogP contribution in [0.1, 0.15) is 61.7 Å². The number of piperidine rings is 1. The fourth-order valence-corrected chi connectivity index (χ4v) is 4.72. The fourth-order valence-electron chi connectivity index (χ4n) is 4.72. The van der Waals surface area contributed by atoms with Gasteiger partial charge in [0.1, 0.15) is 0 Å². The van der Waals surface area contributed by atoms with E-state index in [2.05, 4.69) is 79.5 Å². The van der Waals surface area contributed by atoms with Crippen LogP contribution in [-0.2, 0) is 26.6 Å². The Bertz CT molecular complexity index is 906. The lowest BCUT2D eigenvalue weighted by atomic mass is 9.99. The summed E-state index contributed by atoms with van der Waals surface area (Å²) in [6, 6.07) is 9.03. The maximum Gasteiger partial charge on any atom is 0.191 e. The van der Waals surface area contributed by atoms with Gasteiger partial charge in [0.15, 0.2) is 5.96 Å². The Morgan fingerprint density at radius 3 is 2.61 bits per heavy atom. The highest BCUT2D eigenvalue weighted by atomic mass is 127. The minimum absolute atomic E-state index is 0. The zero-order valence-corrected chi connectivity index (χ0v) is 23.6. The third kappa shape index (κ3) is 7.98. The molecule has 2 unspecified atom stereocenters. The fraction of sp³-hybridized carbons (Fsp3) is 0.615. The first kappa shape index (κ1) is 27.6. The van der Waals surface area contributed by atoms with E-state index in [1.165, 1.54) is 48.3 Å². The summed E-state index contributed by atoms with van der Waals surface area (Å²) in [6.45, 7) is 15.9. The molecule has 0 bridgehead atoms. The summed E-state index contributed by atoms with van der Waals surface area (Å²) >= 11 is 0. The van der Waals surface area contributed by atoms with Crippen molar-refractivity contribution in [2.24, 2.45) is 18.0 Å². The first-order valence-electron chi connectivity index (χ1n) is 12.2. The molecular formula is C26H43IN6. The predicted octanol–water partition coefficient (Wildman–Crippen LogP) is 4.57. The molecule has 7 heteroatoms. The van der Waals surface area contributed by atoms with E-state index in [-0.39, 0.29) is 30.0 Å². The summed E-state index contributed by atoms with van der Waals surface area (Å²) in [5, 5.41) is 11.6. The molecule has 0 radical (unpaired) electrons. The molecule has 1 aliphatic heterocycles. The Morgan fingerprint density at radius 2 is 1.97 bits per heavy atom. The number of likely N-dealkylation sites (tertiary alicyclic amines) is 1. The van der Waals surface area contributed by atoms with Gasteiger partial charge in [-0.25, -0.2) is 4.99 Å². The minimum atomic E-state index is 0. The highest BCUT2D eigenvalue weighted by Crippen LogP contribution is 2.20. The second kappa shape index (κ2) is 13.3. The van der Waals surface area contributed by atoms with Crippen LogP contribution in [0.2, 0.25) is 0 Å². The van der Waals surface area contributed by atoms with Crippen molar-refractivity contribution in [2.75, 3.05) is 19.6 Å². The summed E-state index contributed by atoms with van der Waals surface area (Å²) in [6.07, 6.45) is 3.60. The van der Waals surface area contributed by atoms with Gasteiger partial charge in [-0.15, -0.1) is 24.0 Å². The zero-order chi connectivity index (χ0) is 23.1. The summed E-state index contributed by atoms with van der Waals surface area (Å²) in [7, 11) is 2.01. The third-order valence-corrected chi connectivity index (χ3v) is 6.56. The van der Waals surface area contributed by atoms with Crippen LogP contribution in [0.15, 0.2) is 29.3 Å². The molecule has 3 rings (SSSR count). The molecule has 6 nitrogen and oxygen atoms in total. The molecule has 1 aliphatic rings. The molecule has 1 fully saturated rings. The van der Waals surface area contributed by atoms with Gasteiger partial charge in [-0.3, -0.25) is 9.58 Å². The van der Waals surface area contributed by atoms with Gasteiger partial charge in [0, 0.05) is 38.4 Å². The van der Waals surface area contributed by atoms with Crippen LogP contribution in [0.5, 0.6) is 0 Å². The van der Waals surface area contributed by atoms with E-state index in [0.717, 1.165) is 37.1 Å². The van der Waals surface area contributed by atoms with Crippen LogP contribution in [0.3, 0.4) is 0 Å². The van der Waals surface area contributed by atoms with Crippen molar-refractivity contribution >= 4 is 29.9 Å². The van der Waals surface area contributed by atoms with Crippen LogP contribution >= 0.6 is 24.0 Å². The Kier molecular flexibility index (Phi) is 11.2. The van der Waals surface area contributed by atoms with E-state index >= 15 is 0 Å². The van der Waals surface area contributed by atoms with Crippen molar-refractivity contribution in [3.05, 3.63) is 52.3 Å². The van der Waals surface area contributed by atoms with Crippen molar-refractivity contribution < 1.29 is 0 Å². The summed E-state index contributed by atoms with van der Waals surface area (Å²) in [5.41, 5.74) is 6.38. The largest absolute Gasteiger partial charge is 0.357 e. The number of aromatic nitrogens is 2. The van der Waals surface area contributed by atoms with E-state index in [1.54, 1.807) is 0 Å². The normalized spacial score (nSPS) is 18.0. The van der Waals surface area contributed by atoms with Crippen LogP contribution in [0, 0.1) is 19.8 Å². The number of halogens is 1. The Morgan fingerprint density at radius 1 is 1.24 bits per heavy atom. The molecule has 2 atom stereocenters. The second-order valence-corrected chi connectivity index (χ2v) is 9.47. The van der Waals surface area contributed by atoms with Crippen LogP contribution in [0.25, 0.3) is 0 Å². The lowest BCUT2D eigenvalue weighted by Gasteiger charge is -2.31. The van der Waals surface area contributed by atoms with Gasteiger partial charge in [-0.2, -0.15) is 5.10 Å². The summed E-state index contributed by atoms with van der Waals surface area (Å²) in [4.78, 5) is 7.54. The first-order chi connectivity index (χ1) is 15.4. The zero-order valence-electron chi connectivity index (χ0n) is 21.3. The Balaban J connectivity index is 0.00000385. The first-order valence-corrected chi connectivity index (χ1v) is 12.2. The average Bonchev–Trinajstić information content (AvgIpc) is 2.99. The second-order valence-electron chi connectivity index (χ2n) is 9.47. The van der Waals surface area contributed by atoms with Crippen LogP contribution in [-0.4, -0.2) is 46.3 Å². The van der Waals surface area contributed by atoms with Crippen molar-refractivity contribution in [2.45, 2.75) is 73.0 Å². The standard InChI is InChI=1S/C26H42N6.HI/c1-7-27-26(29-20(3)15-25-21(4)30-31(6)22(25)5)28-16-23-12-8-9-13-24(23)18-32-14-10-11-19(2)17-32;/h8-9,12-13,19-20H,7,10-11,14-18H2,1-6H3,(H2,27,28,29);1H. The lowest BCUT2D eigenvalue weighted by molar-refractivity contribution is 0.176. The van der Waals surface area contributed by atoms with Crippen molar-refractivity contribution in [1.82, 2.24) is 25.3 Å². The van der Waals surface area contributed by atoms with Gasteiger partial charge in [-0.05, 0) is 76.1 Å². The molecule has 0 amide bonds. The minimum Gasteiger partial charge on any atom is -0.357 e. The smallest absolute Gasteiger partial charge is 0.191 e. The Hall–Kier alpha value is -1.61. The van der Waals surface area contributed by atoms with Gasteiger partial charge in [-0.1, -0.05) is 31.2 Å². The van der Waals surface area contributed by atoms with Gasteiger partial charge in [0.25, 0.3) is 0 Å². The highest BCUT2D eigenvalue weighted by molar-refractivity contribution is 14.0. The molecule has 1 aromatic carbocycles. The number of rotatable bonds is 8. The quantitative estimate of drug-likeness (QED) is 0.279. The highest BCUT2D eigenvalue weighted by Gasteiger charge is 2.17. The lowest BCUT2D eigenvalue weighted by Crippen LogP contribution is -2.43. The maximum absolute atomic E-state index is 4.94. The van der Waals surface area contributed by atoms with Crippen LogP contribution < -0.4 is 10.6 Å². The molecule has 184 valence electrons. The van der Waals surface area contributed by atoms with Gasteiger partial charge in [0.05, 0.1) is 12.2 Å². The van der Waals surface area contributed by atoms with E-state index in [4.69, 9.17) is 4.99 Å². The van der Waals surface area contributed by atoms with Crippen molar-refractivity contribution in [1.29, 1.82) is 0 Å². The number of hydrogen-bond donors (Lipinski definition) is 2. The molecule has 1 aromatic heterocycles. The number of hydrogen-bond acceptors (Lipinski definition) is 3. The molecule has 2 aromatic rings. The SMILES string of the molecule is CCNC(=NCc1ccccc1CN1CCCC(C)C1)NC(C)Cc1c(C)nn(C)c1C.I. The molecule has 0 spiro atoms. The third-order valence-electron chi connectivity index (χ3n) is 6.56. The number of nitrogens with one attached hydrogen (secondary N) is 2. The van der Waals surface area contributed by atoms with E-state index in [0.29, 0.717) is 6.54 Å². The average molecular weight is 567 g/mol. The topological polar surface area (TPSA) is 57.5 Å². The van der Waals surface area contributed by atoms with Gasteiger partial charge < -0.3 is 10.6 Å². The van der Waals surface area contributed by atoms with Gasteiger partial charge in [0.2, 0.25) is 0 Å². The summed E-state index contributed by atoms with van der Waals surface area (Å²) in [5.74, 6) is 1.67. The number of aryl methyl sites for hydroxylation is 2. The predicted molar refractivity (Wildman–Crippen MR) is 149 cm³/mol. The number of benzene rings is 1. The molecule has 0 aliphatic carbocycles. The van der Waals surface area contributed by atoms with E-state index in [1.807, 2.05) is 11.7 Å². The Labute approximate surface area is 217 Å². The van der Waals surface area contributed by atoms with Gasteiger partial charge >= 0.3 is 0 Å². The molecular weight excluding hydrogens is 523 g/mol. The van der Waals surface area contributed by atoms with E-state index < -0.39 is 0 Å². The molecule has 1 saturated heterocycles. The molecule has 33 heavy (non-hydrogen) atoms. The van der Waals surface area contributed by atoms with E-state index in [9.17, 15) is 0 Å². The molecule has 0 saturated carbocycles. The van der Waals surface area contributed by atoms with Crippen molar-refractivity contribution in [3.63, 3.8) is 0 Å². The van der Waals surface area contributed by atoms with Crippen molar-refractivity contribution in [3.8, 4) is 0 Å². The summed E-state index contributed by atoms with van der Waals surface area (Å²) < 4.78 is 1.97. The number of nitrogens with zero attached hydrogens (tertiary/aromatic N) is 4. The van der Waals surface area contributed by atoms with Crippen LogP contribution in [0.4, 0.5) is 0 Å². The monoisotopic (exact) mass is 566 g/mol.